The minimum atomic E-state index is -0.952. The van der Waals surface area contributed by atoms with Crippen LogP contribution >= 0.6 is 0 Å². The number of amides is 1. The van der Waals surface area contributed by atoms with Gasteiger partial charge < -0.3 is 9.47 Å². The number of benzene rings is 1. The molecule has 138 valence electrons. The number of hydrogen-bond donors (Lipinski definition) is 1. The average Bonchev–Trinajstić information content (AvgIpc) is 2.63. The van der Waals surface area contributed by atoms with Gasteiger partial charge >= 0.3 is 6.09 Å². The summed E-state index contributed by atoms with van der Waals surface area (Å²) in [5, 5.41) is 12.1. The van der Waals surface area contributed by atoms with E-state index < -0.39 is 11.7 Å². The molecule has 7 nitrogen and oxygen atoms in total. The Labute approximate surface area is 156 Å². The van der Waals surface area contributed by atoms with Gasteiger partial charge in [0.15, 0.2) is 0 Å². The number of carbonyl (C=O) groups is 1. The van der Waals surface area contributed by atoms with Crippen LogP contribution in [0.5, 0.6) is 5.75 Å². The minimum Gasteiger partial charge on any atom is -0.481 e. The Hall–Kier alpha value is -3.53. The van der Waals surface area contributed by atoms with Gasteiger partial charge in [0.25, 0.3) is 5.56 Å². The number of pyridine rings is 1. The second-order valence-corrected chi connectivity index (χ2v) is 6.58. The summed E-state index contributed by atoms with van der Waals surface area (Å²) >= 11 is 0. The number of carbonyl (C=O) groups excluding carboxylic acids is 1. The first-order valence-corrected chi connectivity index (χ1v) is 8.31. The van der Waals surface area contributed by atoms with E-state index in [-0.39, 0.29) is 5.56 Å². The average molecular weight is 365 g/mol. The Bertz CT molecular complexity index is 1060. The standard InChI is InChI=1S/C20H19N3O4/c1-12-13(11-21)8-9-14-16(12)17(23-10-6-5-7-15(23)24)18(20(2,3)27-14)22-19(25)26-4/h5-10H,1-4H3,(H,22,25). The van der Waals surface area contributed by atoms with Crippen LogP contribution in [0.4, 0.5) is 4.79 Å². The normalized spacial score (nSPS) is 14.6. The number of fused-ring (bicyclic) bond motifs is 1. The van der Waals surface area contributed by atoms with E-state index in [1.807, 2.05) is 0 Å². The molecule has 1 aliphatic rings. The van der Waals surface area contributed by atoms with E-state index in [2.05, 4.69) is 11.4 Å². The molecule has 7 heteroatoms. The van der Waals surface area contributed by atoms with Crippen molar-refractivity contribution in [3.63, 3.8) is 0 Å². The van der Waals surface area contributed by atoms with Crippen LogP contribution in [-0.2, 0) is 4.74 Å². The molecule has 2 aromatic rings. The highest BCUT2D eigenvalue weighted by Crippen LogP contribution is 2.42. The van der Waals surface area contributed by atoms with Crippen LogP contribution in [-0.4, -0.2) is 23.4 Å². The van der Waals surface area contributed by atoms with Crippen LogP contribution in [0.25, 0.3) is 5.70 Å². The van der Waals surface area contributed by atoms with Gasteiger partial charge in [-0.3, -0.25) is 14.7 Å². The van der Waals surface area contributed by atoms with Gasteiger partial charge in [-0.15, -0.1) is 0 Å². The van der Waals surface area contributed by atoms with Crippen molar-refractivity contribution in [1.29, 1.82) is 5.26 Å². The second kappa shape index (κ2) is 6.65. The largest absolute Gasteiger partial charge is 0.481 e. The summed E-state index contributed by atoms with van der Waals surface area (Å²) in [4.78, 5) is 24.6. The van der Waals surface area contributed by atoms with E-state index in [9.17, 15) is 14.9 Å². The molecule has 2 heterocycles. The Balaban J connectivity index is 2.45. The molecule has 0 fully saturated rings. The van der Waals surface area contributed by atoms with Crippen LogP contribution < -0.4 is 15.6 Å². The van der Waals surface area contributed by atoms with E-state index in [4.69, 9.17) is 9.47 Å². The molecule has 1 aromatic heterocycles. The van der Waals surface area contributed by atoms with Crippen molar-refractivity contribution in [3.05, 3.63) is 69.3 Å². The second-order valence-electron chi connectivity index (χ2n) is 6.58. The van der Waals surface area contributed by atoms with Crippen molar-refractivity contribution in [2.24, 2.45) is 0 Å². The zero-order valence-corrected chi connectivity index (χ0v) is 15.5. The minimum absolute atomic E-state index is 0.276. The monoisotopic (exact) mass is 365 g/mol. The molecule has 0 unspecified atom stereocenters. The lowest BCUT2D eigenvalue weighted by Crippen LogP contribution is -2.45. The number of alkyl carbamates (subject to hydrolysis) is 1. The molecular weight excluding hydrogens is 346 g/mol. The lowest BCUT2D eigenvalue weighted by molar-refractivity contribution is 0.127. The fourth-order valence-corrected chi connectivity index (χ4v) is 3.14. The summed E-state index contributed by atoms with van der Waals surface area (Å²) in [5.41, 5.74) is 1.28. The zero-order valence-electron chi connectivity index (χ0n) is 15.5. The summed E-state index contributed by atoms with van der Waals surface area (Å²) < 4.78 is 12.3. The molecule has 27 heavy (non-hydrogen) atoms. The van der Waals surface area contributed by atoms with Gasteiger partial charge in [0.1, 0.15) is 11.4 Å². The number of ether oxygens (including phenoxy) is 2. The molecule has 0 saturated carbocycles. The molecule has 0 saturated heterocycles. The molecule has 1 N–H and O–H groups in total. The van der Waals surface area contributed by atoms with E-state index in [0.29, 0.717) is 33.8 Å². The molecule has 3 rings (SSSR count). The fraction of sp³-hybridized carbons (Fsp3) is 0.250. The molecule has 0 atom stereocenters. The van der Waals surface area contributed by atoms with E-state index in [0.717, 1.165) is 0 Å². The highest BCUT2D eigenvalue weighted by Gasteiger charge is 2.38. The predicted octanol–water partition coefficient (Wildman–Crippen LogP) is 2.77. The summed E-state index contributed by atoms with van der Waals surface area (Å²) in [6, 6.07) is 10.3. The number of nitrogens with one attached hydrogen (secondary N) is 1. The van der Waals surface area contributed by atoms with Crippen molar-refractivity contribution in [2.75, 3.05) is 7.11 Å². The number of hydrogen-bond acceptors (Lipinski definition) is 5. The molecule has 1 aromatic carbocycles. The zero-order chi connectivity index (χ0) is 19.8. The molecule has 0 bridgehead atoms. The van der Waals surface area contributed by atoms with E-state index in [1.165, 1.54) is 17.7 Å². The maximum atomic E-state index is 12.6. The smallest absolute Gasteiger partial charge is 0.411 e. The van der Waals surface area contributed by atoms with Gasteiger partial charge in [0.2, 0.25) is 0 Å². The number of nitrogens with zero attached hydrogens (tertiary/aromatic N) is 2. The van der Waals surface area contributed by atoms with Crippen molar-refractivity contribution < 1.29 is 14.3 Å². The summed E-state index contributed by atoms with van der Waals surface area (Å²) in [6.07, 6.45) is 0.931. The first-order chi connectivity index (χ1) is 12.8. The lowest BCUT2D eigenvalue weighted by Gasteiger charge is -2.37. The van der Waals surface area contributed by atoms with Gasteiger partial charge in [-0.1, -0.05) is 6.07 Å². The van der Waals surface area contributed by atoms with Crippen LogP contribution in [0.1, 0.15) is 30.5 Å². The number of nitriles is 1. The summed E-state index contributed by atoms with van der Waals surface area (Å²) in [6.45, 7) is 5.34. The van der Waals surface area contributed by atoms with Gasteiger partial charge in [0.05, 0.1) is 30.1 Å². The van der Waals surface area contributed by atoms with E-state index >= 15 is 0 Å². The SMILES string of the molecule is COC(=O)NC1=C(n2ccccc2=O)c2c(ccc(C#N)c2C)OC1(C)C. The Kier molecular flexibility index (Phi) is 4.50. The predicted molar refractivity (Wildman–Crippen MR) is 99.2 cm³/mol. The quantitative estimate of drug-likeness (QED) is 0.883. The maximum Gasteiger partial charge on any atom is 0.411 e. The molecular formula is C20H19N3O4. The molecule has 0 radical (unpaired) electrons. The number of rotatable bonds is 2. The summed E-state index contributed by atoms with van der Waals surface area (Å²) in [7, 11) is 1.26. The van der Waals surface area contributed by atoms with Crippen LogP contribution in [0, 0.1) is 18.3 Å². The summed E-state index contributed by atoms with van der Waals surface area (Å²) in [5.74, 6) is 0.526. The Morgan fingerprint density at radius 2 is 2.04 bits per heavy atom. The van der Waals surface area contributed by atoms with Crippen molar-refractivity contribution in [2.45, 2.75) is 26.4 Å². The van der Waals surface area contributed by atoms with Crippen LogP contribution in [0.2, 0.25) is 0 Å². The third kappa shape index (κ3) is 3.06. The first kappa shape index (κ1) is 18.3. The molecule has 1 aliphatic heterocycles. The third-order valence-corrected chi connectivity index (χ3v) is 4.46. The fourth-order valence-electron chi connectivity index (χ4n) is 3.14. The maximum absolute atomic E-state index is 12.6. The number of methoxy groups -OCH3 is 1. The van der Waals surface area contributed by atoms with Gasteiger partial charge in [-0.2, -0.15) is 5.26 Å². The Morgan fingerprint density at radius 3 is 2.67 bits per heavy atom. The number of aromatic nitrogens is 1. The van der Waals surface area contributed by atoms with Crippen LogP contribution in [0.15, 0.2) is 47.0 Å². The molecule has 0 aliphatic carbocycles. The Morgan fingerprint density at radius 1 is 1.30 bits per heavy atom. The van der Waals surface area contributed by atoms with Gasteiger partial charge in [0, 0.05) is 17.8 Å². The highest BCUT2D eigenvalue weighted by atomic mass is 16.5. The first-order valence-electron chi connectivity index (χ1n) is 8.31. The lowest BCUT2D eigenvalue weighted by atomic mass is 9.90. The third-order valence-electron chi connectivity index (χ3n) is 4.46. The van der Waals surface area contributed by atoms with Gasteiger partial charge in [-0.05, 0) is 44.5 Å². The molecule has 1 amide bonds. The highest BCUT2D eigenvalue weighted by molar-refractivity contribution is 5.83. The van der Waals surface area contributed by atoms with Crippen molar-refractivity contribution >= 4 is 11.8 Å². The van der Waals surface area contributed by atoms with Crippen molar-refractivity contribution in [3.8, 4) is 11.8 Å². The molecule has 0 spiro atoms. The van der Waals surface area contributed by atoms with E-state index in [1.54, 1.807) is 51.2 Å². The topological polar surface area (TPSA) is 93.4 Å². The van der Waals surface area contributed by atoms with Gasteiger partial charge in [-0.25, -0.2) is 4.79 Å². The van der Waals surface area contributed by atoms with Crippen molar-refractivity contribution in [1.82, 2.24) is 9.88 Å². The van der Waals surface area contributed by atoms with Crippen LogP contribution in [0.3, 0.4) is 0 Å².